The third-order valence-electron chi connectivity index (χ3n) is 6.61. The summed E-state index contributed by atoms with van der Waals surface area (Å²) in [6.07, 6.45) is 6.96. The van der Waals surface area contributed by atoms with Gasteiger partial charge in [0.25, 0.3) is 0 Å². The van der Waals surface area contributed by atoms with Gasteiger partial charge in [-0.2, -0.15) is 4.98 Å². The molecule has 0 atom stereocenters. The molecular weight excluding hydrogens is 428 g/mol. The van der Waals surface area contributed by atoms with Crippen LogP contribution in [0.3, 0.4) is 0 Å². The molecule has 2 aromatic rings. The van der Waals surface area contributed by atoms with Crippen molar-refractivity contribution in [3.8, 4) is 0 Å². The highest BCUT2D eigenvalue weighted by molar-refractivity contribution is 5.78. The molecule has 1 amide bonds. The van der Waals surface area contributed by atoms with Gasteiger partial charge in [0, 0.05) is 55.2 Å². The molecule has 1 aromatic heterocycles. The Hall–Kier alpha value is -2.87. The number of hydrogen-bond acceptors (Lipinski definition) is 7. The molecule has 184 valence electrons. The number of carbonyl (C=O) groups is 1. The number of benzene rings is 1. The van der Waals surface area contributed by atoms with Gasteiger partial charge in [0.05, 0.1) is 13.2 Å². The molecule has 34 heavy (non-hydrogen) atoms. The molecule has 2 fully saturated rings. The van der Waals surface area contributed by atoms with Gasteiger partial charge in [-0.3, -0.25) is 4.79 Å². The fourth-order valence-electron chi connectivity index (χ4n) is 4.33. The molecule has 1 saturated carbocycles. The standard InChI is InChI=1S/C26H38N6O2/c1-3-19(4-2)25(33)28-12-6-11-27-24-23(20-9-10-20)18-29-26(31-24)30-21-7-5-8-22(17-21)32-13-15-34-16-14-32/h5,7-8,17-20H,3-4,6,9-16H2,1-2H3,(H,28,33)(H2,27,29,30,31). The number of anilines is 4. The van der Waals surface area contributed by atoms with E-state index in [0.29, 0.717) is 18.4 Å². The third kappa shape index (κ3) is 6.59. The molecule has 0 spiro atoms. The van der Waals surface area contributed by atoms with E-state index in [1.54, 1.807) is 0 Å². The highest BCUT2D eigenvalue weighted by Crippen LogP contribution is 2.42. The average Bonchev–Trinajstić information content (AvgIpc) is 3.71. The zero-order valence-corrected chi connectivity index (χ0v) is 20.5. The Kier molecular flexibility index (Phi) is 8.57. The highest BCUT2D eigenvalue weighted by atomic mass is 16.5. The predicted molar refractivity (Wildman–Crippen MR) is 137 cm³/mol. The summed E-state index contributed by atoms with van der Waals surface area (Å²) in [5.41, 5.74) is 3.34. The van der Waals surface area contributed by atoms with E-state index in [1.165, 1.54) is 24.1 Å². The molecule has 0 unspecified atom stereocenters. The Labute approximate surface area is 202 Å². The van der Waals surface area contributed by atoms with Crippen molar-refractivity contribution in [1.29, 1.82) is 0 Å². The summed E-state index contributed by atoms with van der Waals surface area (Å²) in [5.74, 6) is 2.32. The van der Waals surface area contributed by atoms with Crippen molar-refractivity contribution in [2.45, 2.75) is 51.9 Å². The lowest BCUT2D eigenvalue weighted by Crippen LogP contribution is -2.36. The lowest BCUT2D eigenvalue weighted by Gasteiger charge is -2.29. The third-order valence-corrected chi connectivity index (χ3v) is 6.61. The van der Waals surface area contributed by atoms with E-state index >= 15 is 0 Å². The van der Waals surface area contributed by atoms with Crippen LogP contribution < -0.4 is 20.9 Å². The van der Waals surface area contributed by atoms with E-state index in [-0.39, 0.29) is 11.8 Å². The van der Waals surface area contributed by atoms with E-state index < -0.39 is 0 Å². The molecule has 2 heterocycles. The minimum atomic E-state index is 0.117. The second-order valence-electron chi connectivity index (χ2n) is 9.13. The first-order valence-corrected chi connectivity index (χ1v) is 12.8. The number of carbonyl (C=O) groups excluding carboxylic acids is 1. The Bertz CT molecular complexity index is 939. The van der Waals surface area contributed by atoms with Gasteiger partial charge in [0.15, 0.2) is 0 Å². The summed E-state index contributed by atoms with van der Waals surface area (Å²) in [4.78, 5) is 23.9. The number of amides is 1. The van der Waals surface area contributed by atoms with Crippen LogP contribution in [-0.2, 0) is 9.53 Å². The summed E-state index contributed by atoms with van der Waals surface area (Å²) in [6, 6.07) is 8.36. The fraction of sp³-hybridized carbons (Fsp3) is 0.577. The normalized spacial score (nSPS) is 15.9. The number of aromatic nitrogens is 2. The summed E-state index contributed by atoms with van der Waals surface area (Å²) >= 11 is 0. The first-order valence-electron chi connectivity index (χ1n) is 12.8. The molecular formula is C26H38N6O2. The van der Waals surface area contributed by atoms with E-state index in [0.717, 1.165) is 63.6 Å². The smallest absolute Gasteiger partial charge is 0.229 e. The van der Waals surface area contributed by atoms with Crippen LogP contribution in [0.15, 0.2) is 30.5 Å². The van der Waals surface area contributed by atoms with Crippen LogP contribution in [0.5, 0.6) is 0 Å². The van der Waals surface area contributed by atoms with Crippen molar-refractivity contribution in [2.24, 2.45) is 5.92 Å². The molecule has 3 N–H and O–H groups in total. The second-order valence-corrected chi connectivity index (χ2v) is 9.13. The maximum absolute atomic E-state index is 12.2. The molecule has 2 aliphatic rings. The van der Waals surface area contributed by atoms with E-state index in [9.17, 15) is 4.79 Å². The van der Waals surface area contributed by atoms with Crippen LogP contribution in [0.4, 0.5) is 23.1 Å². The van der Waals surface area contributed by atoms with Gasteiger partial charge >= 0.3 is 0 Å². The zero-order valence-electron chi connectivity index (χ0n) is 20.5. The first kappa shape index (κ1) is 24.3. The minimum Gasteiger partial charge on any atom is -0.378 e. The lowest BCUT2D eigenvalue weighted by molar-refractivity contribution is -0.125. The van der Waals surface area contributed by atoms with Crippen molar-refractivity contribution < 1.29 is 9.53 Å². The first-order chi connectivity index (χ1) is 16.7. The fourth-order valence-corrected chi connectivity index (χ4v) is 4.33. The second kappa shape index (κ2) is 12.0. The van der Waals surface area contributed by atoms with Crippen molar-refractivity contribution >= 4 is 29.0 Å². The van der Waals surface area contributed by atoms with Gasteiger partial charge in [-0.25, -0.2) is 4.98 Å². The number of nitrogens with one attached hydrogen (secondary N) is 3. The van der Waals surface area contributed by atoms with Crippen LogP contribution in [0.25, 0.3) is 0 Å². The van der Waals surface area contributed by atoms with E-state index in [2.05, 4.69) is 57.9 Å². The topological polar surface area (TPSA) is 91.4 Å². The monoisotopic (exact) mass is 466 g/mol. The van der Waals surface area contributed by atoms with Crippen molar-refractivity contribution in [2.75, 3.05) is 54.9 Å². The van der Waals surface area contributed by atoms with Crippen LogP contribution in [0, 0.1) is 5.92 Å². The summed E-state index contributed by atoms with van der Waals surface area (Å²) < 4.78 is 5.47. The Morgan fingerprint density at radius 2 is 1.97 bits per heavy atom. The summed E-state index contributed by atoms with van der Waals surface area (Å²) in [7, 11) is 0. The lowest BCUT2D eigenvalue weighted by atomic mass is 10.0. The molecule has 1 aromatic carbocycles. The molecule has 1 aliphatic carbocycles. The quantitative estimate of drug-likeness (QED) is 0.402. The number of rotatable bonds is 12. The zero-order chi connectivity index (χ0) is 23.8. The average molecular weight is 467 g/mol. The molecule has 4 rings (SSSR count). The van der Waals surface area contributed by atoms with Crippen LogP contribution in [0.2, 0.25) is 0 Å². The van der Waals surface area contributed by atoms with Gasteiger partial charge < -0.3 is 25.6 Å². The van der Waals surface area contributed by atoms with Gasteiger partial charge in [-0.1, -0.05) is 19.9 Å². The SMILES string of the molecule is CCC(CC)C(=O)NCCCNc1nc(Nc2cccc(N3CCOCC3)c2)ncc1C1CC1. The largest absolute Gasteiger partial charge is 0.378 e. The van der Waals surface area contributed by atoms with Crippen molar-refractivity contribution in [3.63, 3.8) is 0 Å². The molecule has 8 nitrogen and oxygen atoms in total. The predicted octanol–water partition coefficient (Wildman–Crippen LogP) is 4.29. The van der Waals surface area contributed by atoms with Gasteiger partial charge in [0.2, 0.25) is 11.9 Å². The Balaban J connectivity index is 1.34. The Morgan fingerprint density at radius 1 is 1.18 bits per heavy atom. The number of hydrogen-bond donors (Lipinski definition) is 3. The molecule has 1 saturated heterocycles. The van der Waals surface area contributed by atoms with Gasteiger partial charge in [-0.05, 0) is 56.2 Å². The van der Waals surface area contributed by atoms with Crippen LogP contribution in [-0.4, -0.2) is 55.3 Å². The number of nitrogens with zero attached hydrogens (tertiary/aromatic N) is 3. The number of ether oxygens (including phenoxy) is 1. The molecule has 0 bridgehead atoms. The van der Waals surface area contributed by atoms with Gasteiger partial charge in [0.1, 0.15) is 5.82 Å². The van der Waals surface area contributed by atoms with Crippen molar-refractivity contribution in [3.05, 3.63) is 36.0 Å². The summed E-state index contributed by atoms with van der Waals surface area (Å²) in [6.45, 7) is 8.89. The van der Waals surface area contributed by atoms with Crippen LogP contribution >= 0.6 is 0 Å². The highest BCUT2D eigenvalue weighted by Gasteiger charge is 2.27. The van der Waals surface area contributed by atoms with E-state index in [4.69, 9.17) is 9.72 Å². The Morgan fingerprint density at radius 3 is 2.71 bits per heavy atom. The van der Waals surface area contributed by atoms with Gasteiger partial charge in [-0.15, -0.1) is 0 Å². The van der Waals surface area contributed by atoms with E-state index in [1.807, 2.05) is 12.3 Å². The minimum absolute atomic E-state index is 0.117. The molecule has 0 radical (unpaired) electrons. The molecule has 1 aliphatic heterocycles. The maximum atomic E-state index is 12.2. The van der Waals surface area contributed by atoms with Crippen molar-refractivity contribution in [1.82, 2.24) is 15.3 Å². The molecule has 8 heteroatoms. The summed E-state index contributed by atoms with van der Waals surface area (Å²) in [5, 5.41) is 9.93. The maximum Gasteiger partial charge on any atom is 0.229 e. The van der Waals surface area contributed by atoms with Crippen LogP contribution in [0.1, 0.15) is 57.4 Å². The number of morpholine rings is 1.